The highest BCUT2D eigenvalue weighted by atomic mass is 32.1. The van der Waals surface area contributed by atoms with Crippen molar-refractivity contribution in [3.05, 3.63) is 52.0 Å². The number of esters is 1. The Bertz CT molecular complexity index is 1050. The summed E-state index contributed by atoms with van der Waals surface area (Å²) in [5.74, 6) is -0.564. The molecular weight excluding hydrogens is 386 g/mol. The molecule has 4 rings (SSSR count). The molecule has 1 fully saturated rings. The van der Waals surface area contributed by atoms with Gasteiger partial charge in [-0.2, -0.15) is 5.10 Å². The maximum Gasteiger partial charge on any atom is 0.349 e. The van der Waals surface area contributed by atoms with Gasteiger partial charge < -0.3 is 9.64 Å². The average Bonchev–Trinajstić information content (AvgIpc) is 3.42. The number of hydrogen-bond donors (Lipinski definition) is 0. The second kappa shape index (κ2) is 7.99. The van der Waals surface area contributed by atoms with E-state index in [1.54, 1.807) is 11.8 Å². The zero-order chi connectivity index (χ0) is 20.5. The van der Waals surface area contributed by atoms with E-state index in [0.717, 1.165) is 47.4 Å². The molecule has 3 aromatic rings. The summed E-state index contributed by atoms with van der Waals surface area (Å²) in [7, 11) is 0. The summed E-state index contributed by atoms with van der Waals surface area (Å²) in [6.07, 6.45) is 1.26. The number of amides is 1. The van der Waals surface area contributed by atoms with E-state index in [-0.39, 0.29) is 5.91 Å². The Morgan fingerprint density at radius 3 is 2.55 bits per heavy atom. The van der Waals surface area contributed by atoms with Crippen LogP contribution in [0.1, 0.15) is 46.3 Å². The number of likely N-dealkylation sites (tertiary alicyclic amines) is 1. The van der Waals surface area contributed by atoms with E-state index in [0.29, 0.717) is 11.4 Å². The van der Waals surface area contributed by atoms with Gasteiger partial charge >= 0.3 is 5.97 Å². The van der Waals surface area contributed by atoms with Crippen molar-refractivity contribution in [2.24, 2.45) is 0 Å². The number of carbonyl (C=O) groups is 2. The van der Waals surface area contributed by atoms with E-state index < -0.39 is 12.1 Å². The number of thiophene rings is 1. The molecule has 1 atom stereocenters. The Labute approximate surface area is 174 Å². The number of carbonyl (C=O) groups excluding carboxylic acids is 2. The Hall–Kier alpha value is -2.67. The molecule has 0 spiro atoms. The molecule has 0 aliphatic carbocycles. The monoisotopic (exact) mass is 411 g/mol. The normalized spacial score (nSPS) is 15.1. The topological polar surface area (TPSA) is 64.4 Å². The van der Waals surface area contributed by atoms with Crippen LogP contribution in [0.25, 0.3) is 10.2 Å². The number of aryl methyl sites for hydroxylation is 2. The molecule has 1 aliphatic heterocycles. The summed E-state index contributed by atoms with van der Waals surface area (Å²) >= 11 is 1.36. The number of ether oxygens (including phenoxy) is 1. The van der Waals surface area contributed by atoms with Gasteiger partial charge in [0.2, 0.25) is 0 Å². The number of aromatic nitrogens is 2. The molecule has 0 radical (unpaired) electrons. The molecule has 152 valence electrons. The maximum atomic E-state index is 12.6. The number of rotatable bonds is 5. The predicted octanol–water partition coefficient (Wildman–Crippen LogP) is 3.93. The SMILES string of the molecule is Cc1ccc(Cn2nc(C)c3cc(C(=O)OC(C)C(=O)N4CCCC4)sc32)cc1. The van der Waals surface area contributed by atoms with E-state index in [1.807, 2.05) is 17.7 Å². The van der Waals surface area contributed by atoms with Crippen LogP contribution in [-0.4, -0.2) is 45.8 Å². The molecule has 1 saturated heterocycles. The third kappa shape index (κ3) is 4.05. The second-order valence-electron chi connectivity index (χ2n) is 7.64. The van der Waals surface area contributed by atoms with Crippen LogP contribution in [0.3, 0.4) is 0 Å². The van der Waals surface area contributed by atoms with Crippen LogP contribution < -0.4 is 0 Å². The van der Waals surface area contributed by atoms with Gasteiger partial charge in [-0.05, 0) is 45.2 Å². The lowest BCUT2D eigenvalue weighted by Gasteiger charge is -2.20. The molecule has 0 saturated carbocycles. The molecule has 7 heteroatoms. The van der Waals surface area contributed by atoms with Crippen molar-refractivity contribution >= 4 is 33.4 Å². The van der Waals surface area contributed by atoms with Gasteiger partial charge in [-0.15, -0.1) is 11.3 Å². The summed E-state index contributed by atoms with van der Waals surface area (Å²) < 4.78 is 7.40. The summed E-state index contributed by atoms with van der Waals surface area (Å²) in [6.45, 7) is 7.79. The van der Waals surface area contributed by atoms with Gasteiger partial charge in [0, 0.05) is 18.5 Å². The molecule has 0 bridgehead atoms. The Morgan fingerprint density at radius 1 is 1.17 bits per heavy atom. The molecule has 29 heavy (non-hydrogen) atoms. The number of nitrogens with zero attached hydrogens (tertiary/aromatic N) is 3. The minimum absolute atomic E-state index is 0.112. The van der Waals surface area contributed by atoms with Crippen LogP contribution >= 0.6 is 11.3 Å². The van der Waals surface area contributed by atoms with Gasteiger partial charge in [-0.25, -0.2) is 4.79 Å². The lowest BCUT2D eigenvalue weighted by Crippen LogP contribution is -2.38. The van der Waals surface area contributed by atoms with Crippen LogP contribution in [0.5, 0.6) is 0 Å². The number of benzene rings is 1. The van der Waals surface area contributed by atoms with Crippen LogP contribution in [-0.2, 0) is 16.1 Å². The van der Waals surface area contributed by atoms with Crippen LogP contribution in [0.2, 0.25) is 0 Å². The number of fused-ring (bicyclic) bond motifs is 1. The summed E-state index contributed by atoms with van der Waals surface area (Å²) in [6, 6.07) is 10.2. The Morgan fingerprint density at radius 2 is 1.86 bits per heavy atom. The minimum atomic E-state index is -0.768. The van der Waals surface area contributed by atoms with Gasteiger partial charge in [0.05, 0.1) is 12.2 Å². The lowest BCUT2D eigenvalue weighted by molar-refractivity contribution is -0.138. The number of hydrogen-bond acceptors (Lipinski definition) is 5. The van der Waals surface area contributed by atoms with Gasteiger partial charge in [0.15, 0.2) is 6.10 Å². The van der Waals surface area contributed by atoms with Crippen LogP contribution in [0.15, 0.2) is 30.3 Å². The highest BCUT2D eigenvalue weighted by Crippen LogP contribution is 2.29. The standard InChI is InChI=1S/C22H25N3O3S/c1-14-6-8-17(9-7-14)13-25-21-18(15(2)23-25)12-19(29-21)22(27)28-16(3)20(26)24-10-4-5-11-24/h6-9,12,16H,4-5,10-11,13H2,1-3H3. The minimum Gasteiger partial charge on any atom is -0.448 e. The van der Waals surface area contributed by atoms with E-state index in [9.17, 15) is 9.59 Å². The Balaban J connectivity index is 1.51. The first-order valence-electron chi connectivity index (χ1n) is 9.94. The molecule has 1 aliphatic rings. The summed E-state index contributed by atoms with van der Waals surface area (Å²) in [4.78, 5) is 28.3. The van der Waals surface area contributed by atoms with E-state index in [2.05, 4.69) is 36.3 Å². The molecular formula is C22H25N3O3S. The third-order valence-electron chi connectivity index (χ3n) is 5.31. The van der Waals surface area contributed by atoms with Crippen molar-refractivity contribution in [3.8, 4) is 0 Å². The second-order valence-corrected chi connectivity index (χ2v) is 8.67. The van der Waals surface area contributed by atoms with Crippen molar-refractivity contribution in [2.45, 2.75) is 46.3 Å². The fraction of sp³-hybridized carbons (Fsp3) is 0.409. The zero-order valence-electron chi connectivity index (χ0n) is 17.0. The van der Waals surface area contributed by atoms with Crippen LogP contribution in [0.4, 0.5) is 0 Å². The molecule has 1 unspecified atom stereocenters. The first kappa shape index (κ1) is 19.6. The fourth-order valence-electron chi connectivity index (χ4n) is 3.65. The molecule has 1 amide bonds. The quantitative estimate of drug-likeness (QED) is 0.597. The first-order chi connectivity index (χ1) is 13.9. The predicted molar refractivity (Wildman–Crippen MR) is 113 cm³/mol. The van der Waals surface area contributed by atoms with Gasteiger partial charge in [-0.3, -0.25) is 9.48 Å². The highest BCUT2D eigenvalue weighted by molar-refractivity contribution is 7.20. The van der Waals surface area contributed by atoms with Gasteiger partial charge in [0.25, 0.3) is 5.91 Å². The molecule has 3 heterocycles. The van der Waals surface area contributed by atoms with Crippen molar-refractivity contribution in [2.75, 3.05) is 13.1 Å². The third-order valence-corrected chi connectivity index (χ3v) is 6.44. The van der Waals surface area contributed by atoms with Gasteiger partial charge in [0.1, 0.15) is 9.71 Å². The van der Waals surface area contributed by atoms with E-state index >= 15 is 0 Å². The van der Waals surface area contributed by atoms with E-state index in [1.165, 1.54) is 16.9 Å². The molecule has 1 aromatic carbocycles. The van der Waals surface area contributed by atoms with Crippen molar-refractivity contribution in [1.29, 1.82) is 0 Å². The average molecular weight is 412 g/mol. The van der Waals surface area contributed by atoms with Crippen molar-refractivity contribution < 1.29 is 14.3 Å². The summed E-state index contributed by atoms with van der Waals surface area (Å²) in [5.41, 5.74) is 3.25. The summed E-state index contributed by atoms with van der Waals surface area (Å²) in [5, 5.41) is 5.58. The smallest absolute Gasteiger partial charge is 0.349 e. The van der Waals surface area contributed by atoms with Gasteiger partial charge in [-0.1, -0.05) is 29.8 Å². The molecule has 2 aromatic heterocycles. The van der Waals surface area contributed by atoms with Crippen LogP contribution in [0, 0.1) is 13.8 Å². The van der Waals surface area contributed by atoms with Crippen molar-refractivity contribution in [1.82, 2.24) is 14.7 Å². The van der Waals surface area contributed by atoms with Crippen molar-refractivity contribution in [3.63, 3.8) is 0 Å². The molecule has 0 N–H and O–H groups in total. The maximum absolute atomic E-state index is 12.6. The molecule has 6 nitrogen and oxygen atoms in total. The first-order valence-corrected chi connectivity index (χ1v) is 10.8. The largest absolute Gasteiger partial charge is 0.448 e. The zero-order valence-corrected chi connectivity index (χ0v) is 17.8. The fourth-order valence-corrected chi connectivity index (χ4v) is 4.69. The highest BCUT2D eigenvalue weighted by Gasteiger charge is 2.27. The Kier molecular flexibility index (Phi) is 5.41. The lowest BCUT2D eigenvalue weighted by atomic mass is 10.1. The van der Waals surface area contributed by atoms with E-state index in [4.69, 9.17) is 4.74 Å².